The molecule has 104 valence electrons. The summed E-state index contributed by atoms with van der Waals surface area (Å²) in [6.07, 6.45) is 9.85. The Balaban J connectivity index is 1.66. The zero-order valence-corrected chi connectivity index (χ0v) is 12.1. The van der Waals surface area contributed by atoms with Crippen molar-refractivity contribution >= 4 is 0 Å². The van der Waals surface area contributed by atoms with Gasteiger partial charge in [0.15, 0.2) is 0 Å². The third-order valence-electron chi connectivity index (χ3n) is 5.33. The van der Waals surface area contributed by atoms with Gasteiger partial charge in [0.25, 0.3) is 0 Å². The zero-order valence-electron chi connectivity index (χ0n) is 12.1. The summed E-state index contributed by atoms with van der Waals surface area (Å²) in [6.45, 7) is 2.40. The van der Waals surface area contributed by atoms with Crippen molar-refractivity contribution in [3.8, 4) is 0 Å². The van der Waals surface area contributed by atoms with E-state index in [-0.39, 0.29) is 0 Å². The molecule has 3 atom stereocenters. The fraction of sp³-hybridized carbons (Fsp3) is 0.667. The molecule has 3 unspecified atom stereocenters. The van der Waals surface area contributed by atoms with Crippen molar-refractivity contribution < 1.29 is 0 Å². The average molecular weight is 257 g/mol. The first-order valence-corrected chi connectivity index (χ1v) is 8.15. The molecule has 2 aliphatic rings. The highest BCUT2D eigenvalue weighted by Gasteiger charge is 2.30. The maximum absolute atomic E-state index is 3.97. The van der Waals surface area contributed by atoms with E-state index in [1.54, 1.807) is 5.56 Å². The highest BCUT2D eigenvalue weighted by atomic mass is 15.0. The topological polar surface area (TPSA) is 12.0 Å². The Bertz CT molecular complexity index is 382. The molecule has 1 N–H and O–H groups in total. The summed E-state index contributed by atoms with van der Waals surface area (Å²) >= 11 is 0. The normalized spacial score (nSPS) is 29.7. The van der Waals surface area contributed by atoms with Crippen molar-refractivity contribution in [1.29, 1.82) is 0 Å². The number of nitrogens with one attached hydrogen (secondary N) is 1. The molecule has 2 saturated carbocycles. The number of rotatable bonds is 4. The Kier molecular flexibility index (Phi) is 4.22. The second-order valence-corrected chi connectivity index (χ2v) is 6.55. The van der Waals surface area contributed by atoms with Crippen molar-refractivity contribution in [1.82, 2.24) is 5.32 Å². The smallest absolute Gasteiger partial charge is 0.0138 e. The standard InChI is InChI=1S/C18H27N/c1-14(15-10-7-11-15)19-18-13-6-5-12-17(18)16-8-3-2-4-9-16/h2-4,8-9,14-15,17-19H,5-7,10-13H2,1H3. The van der Waals surface area contributed by atoms with E-state index in [9.17, 15) is 0 Å². The molecule has 0 saturated heterocycles. The molecule has 1 aromatic rings. The third kappa shape index (κ3) is 3.02. The van der Waals surface area contributed by atoms with Crippen LogP contribution in [0.15, 0.2) is 30.3 Å². The van der Waals surface area contributed by atoms with Crippen molar-refractivity contribution in [3.63, 3.8) is 0 Å². The lowest BCUT2D eigenvalue weighted by Gasteiger charge is -2.39. The maximum atomic E-state index is 3.97. The van der Waals surface area contributed by atoms with E-state index < -0.39 is 0 Å². The summed E-state index contributed by atoms with van der Waals surface area (Å²) in [5.74, 6) is 1.68. The minimum absolute atomic E-state index is 0.701. The molecule has 2 aliphatic carbocycles. The van der Waals surface area contributed by atoms with Crippen molar-refractivity contribution in [2.24, 2.45) is 5.92 Å². The SMILES string of the molecule is CC(NC1CCCCC1c1ccccc1)C1CCC1. The van der Waals surface area contributed by atoms with E-state index in [1.807, 2.05) is 0 Å². The molecule has 0 heterocycles. The first-order valence-electron chi connectivity index (χ1n) is 8.15. The fourth-order valence-electron chi connectivity index (χ4n) is 3.84. The first-order chi connectivity index (χ1) is 9.34. The summed E-state index contributed by atoms with van der Waals surface area (Å²) in [7, 11) is 0. The Hall–Kier alpha value is -0.820. The van der Waals surface area contributed by atoms with Gasteiger partial charge in [-0.15, -0.1) is 0 Å². The highest BCUT2D eigenvalue weighted by molar-refractivity contribution is 5.22. The molecule has 3 rings (SSSR count). The van der Waals surface area contributed by atoms with E-state index in [0.717, 1.165) is 11.8 Å². The summed E-state index contributed by atoms with van der Waals surface area (Å²) in [4.78, 5) is 0. The summed E-state index contributed by atoms with van der Waals surface area (Å²) in [6, 6.07) is 12.6. The van der Waals surface area contributed by atoms with Crippen LogP contribution in [0.2, 0.25) is 0 Å². The summed E-state index contributed by atoms with van der Waals surface area (Å²) in [5.41, 5.74) is 1.54. The molecular formula is C18H27N. The van der Waals surface area contributed by atoms with Crippen LogP contribution in [0.5, 0.6) is 0 Å². The van der Waals surface area contributed by atoms with Crippen LogP contribution in [0.25, 0.3) is 0 Å². The Morgan fingerprint density at radius 1 is 0.947 bits per heavy atom. The van der Waals surface area contributed by atoms with E-state index in [0.29, 0.717) is 12.1 Å². The monoisotopic (exact) mass is 257 g/mol. The predicted octanol–water partition coefficient (Wildman–Crippen LogP) is 4.49. The molecule has 0 amide bonds. The molecule has 1 aromatic carbocycles. The van der Waals surface area contributed by atoms with Crippen LogP contribution in [0.4, 0.5) is 0 Å². The fourth-order valence-corrected chi connectivity index (χ4v) is 3.84. The highest BCUT2D eigenvalue weighted by Crippen LogP contribution is 2.35. The molecule has 0 aliphatic heterocycles. The van der Waals surface area contributed by atoms with Gasteiger partial charge in [0.1, 0.15) is 0 Å². The van der Waals surface area contributed by atoms with Crippen LogP contribution in [0, 0.1) is 5.92 Å². The van der Waals surface area contributed by atoms with Gasteiger partial charge >= 0.3 is 0 Å². The molecule has 1 nitrogen and oxygen atoms in total. The number of hydrogen-bond acceptors (Lipinski definition) is 1. The van der Waals surface area contributed by atoms with Crippen LogP contribution in [0.3, 0.4) is 0 Å². The van der Waals surface area contributed by atoms with Crippen LogP contribution in [-0.4, -0.2) is 12.1 Å². The van der Waals surface area contributed by atoms with Gasteiger partial charge in [0, 0.05) is 12.1 Å². The van der Waals surface area contributed by atoms with Crippen molar-refractivity contribution in [3.05, 3.63) is 35.9 Å². The Morgan fingerprint density at radius 2 is 1.68 bits per heavy atom. The maximum Gasteiger partial charge on any atom is 0.0138 e. The van der Waals surface area contributed by atoms with Gasteiger partial charge in [-0.2, -0.15) is 0 Å². The molecule has 2 fully saturated rings. The molecule has 0 aromatic heterocycles. The third-order valence-corrected chi connectivity index (χ3v) is 5.33. The van der Waals surface area contributed by atoms with E-state index in [1.165, 1.54) is 44.9 Å². The van der Waals surface area contributed by atoms with Gasteiger partial charge in [-0.1, -0.05) is 49.6 Å². The number of benzene rings is 1. The molecule has 0 spiro atoms. The van der Waals surface area contributed by atoms with Gasteiger partial charge in [0.2, 0.25) is 0 Å². The minimum Gasteiger partial charge on any atom is -0.311 e. The van der Waals surface area contributed by atoms with Gasteiger partial charge in [-0.3, -0.25) is 0 Å². The van der Waals surface area contributed by atoms with E-state index in [2.05, 4.69) is 42.6 Å². The lowest BCUT2D eigenvalue weighted by molar-refractivity contribution is 0.202. The second-order valence-electron chi connectivity index (χ2n) is 6.55. The van der Waals surface area contributed by atoms with E-state index >= 15 is 0 Å². The molecule has 1 heteroatoms. The van der Waals surface area contributed by atoms with Gasteiger partial charge in [-0.05, 0) is 50.0 Å². The largest absolute Gasteiger partial charge is 0.311 e. The Labute approximate surface area is 117 Å². The lowest BCUT2D eigenvalue weighted by atomic mass is 9.77. The van der Waals surface area contributed by atoms with Crippen LogP contribution >= 0.6 is 0 Å². The zero-order chi connectivity index (χ0) is 13.1. The molecule has 19 heavy (non-hydrogen) atoms. The summed E-state index contributed by atoms with van der Waals surface area (Å²) in [5, 5.41) is 3.97. The lowest BCUT2D eigenvalue weighted by Crippen LogP contribution is -2.46. The van der Waals surface area contributed by atoms with Crippen LogP contribution < -0.4 is 5.32 Å². The van der Waals surface area contributed by atoms with Gasteiger partial charge in [-0.25, -0.2) is 0 Å². The molecular weight excluding hydrogens is 230 g/mol. The average Bonchev–Trinajstić information content (AvgIpc) is 2.38. The van der Waals surface area contributed by atoms with Crippen molar-refractivity contribution in [2.75, 3.05) is 0 Å². The second kappa shape index (κ2) is 6.09. The minimum atomic E-state index is 0.701. The van der Waals surface area contributed by atoms with Crippen LogP contribution in [0.1, 0.15) is 63.4 Å². The van der Waals surface area contributed by atoms with Gasteiger partial charge < -0.3 is 5.32 Å². The summed E-state index contributed by atoms with van der Waals surface area (Å²) < 4.78 is 0. The van der Waals surface area contributed by atoms with Crippen molar-refractivity contribution in [2.45, 2.75) is 69.9 Å². The van der Waals surface area contributed by atoms with Crippen LogP contribution in [-0.2, 0) is 0 Å². The number of hydrogen-bond donors (Lipinski definition) is 1. The van der Waals surface area contributed by atoms with Gasteiger partial charge in [0.05, 0.1) is 0 Å². The molecule has 0 bridgehead atoms. The Morgan fingerprint density at radius 3 is 2.37 bits per heavy atom. The van der Waals surface area contributed by atoms with E-state index in [4.69, 9.17) is 0 Å². The first kappa shape index (κ1) is 13.2. The quantitative estimate of drug-likeness (QED) is 0.838. The predicted molar refractivity (Wildman–Crippen MR) is 81.4 cm³/mol. The molecule has 0 radical (unpaired) electrons.